The average molecular weight is 528 g/mol. The first kappa shape index (κ1) is 27.4. The van der Waals surface area contributed by atoms with Gasteiger partial charge in [-0.1, -0.05) is 44.2 Å². The largest absolute Gasteiger partial charge is 0.494 e. The van der Waals surface area contributed by atoms with Gasteiger partial charge in [0.2, 0.25) is 5.88 Å². The standard InChI is InChI=1S/C29H32F3N3O3/c1-17(2)19-8-10-20(11-9-19)27-34-25-24(29(30,31)32)22(16-23(37-5)26(25)35(27)13-14-36)15-21-7-6-12-33-28(21)38-18(3)4/h6-12,16-18,36H,13-15H2,1-5H3. The van der Waals surface area contributed by atoms with Crippen LogP contribution in [0.15, 0.2) is 48.7 Å². The maximum absolute atomic E-state index is 14.7. The van der Waals surface area contributed by atoms with Crippen molar-refractivity contribution in [2.24, 2.45) is 0 Å². The van der Waals surface area contributed by atoms with Crippen molar-refractivity contribution in [2.45, 2.75) is 58.9 Å². The minimum Gasteiger partial charge on any atom is -0.494 e. The molecule has 0 atom stereocenters. The highest BCUT2D eigenvalue weighted by atomic mass is 19.4. The molecule has 0 bridgehead atoms. The number of nitrogens with zero attached hydrogens (tertiary/aromatic N) is 3. The minimum atomic E-state index is -4.70. The van der Waals surface area contributed by atoms with Crippen LogP contribution in [-0.4, -0.2) is 39.5 Å². The molecule has 6 nitrogen and oxygen atoms in total. The molecule has 0 aliphatic carbocycles. The third-order valence-electron chi connectivity index (χ3n) is 6.30. The summed E-state index contributed by atoms with van der Waals surface area (Å²) in [6.07, 6.45) is -3.43. The summed E-state index contributed by atoms with van der Waals surface area (Å²) >= 11 is 0. The van der Waals surface area contributed by atoms with Gasteiger partial charge in [-0.2, -0.15) is 13.2 Å². The summed E-state index contributed by atoms with van der Waals surface area (Å²) in [5.41, 5.74) is 1.39. The molecule has 0 aliphatic rings. The second-order valence-electron chi connectivity index (χ2n) is 9.71. The third kappa shape index (κ3) is 5.48. The fourth-order valence-corrected chi connectivity index (χ4v) is 4.59. The van der Waals surface area contributed by atoms with Crippen LogP contribution in [-0.2, 0) is 19.1 Å². The number of benzene rings is 2. The fourth-order valence-electron chi connectivity index (χ4n) is 4.59. The molecule has 1 N–H and O–H groups in total. The van der Waals surface area contributed by atoms with Crippen LogP contribution in [0.1, 0.15) is 55.9 Å². The van der Waals surface area contributed by atoms with Crippen LogP contribution in [0, 0.1) is 0 Å². The lowest BCUT2D eigenvalue weighted by molar-refractivity contribution is -0.137. The van der Waals surface area contributed by atoms with E-state index in [9.17, 15) is 18.3 Å². The molecule has 38 heavy (non-hydrogen) atoms. The smallest absolute Gasteiger partial charge is 0.418 e. The van der Waals surface area contributed by atoms with Crippen molar-refractivity contribution < 1.29 is 27.8 Å². The zero-order valence-corrected chi connectivity index (χ0v) is 22.1. The lowest BCUT2D eigenvalue weighted by atomic mass is 9.97. The number of imidazole rings is 1. The van der Waals surface area contributed by atoms with Crippen LogP contribution >= 0.6 is 0 Å². The van der Waals surface area contributed by atoms with Crippen LogP contribution in [0.25, 0.3) is 22.4 Å². The molecule has 0 spiro atoms. The number of rotatable bonds is 9. The van der Waals surface area contributed by atoms with Crippen molar-refractivity contribution in [3.63, 3.8) is 0 Å². The Kier molecular flexibility index (Phi) is 7.97. The van der Waals surface area contributed by atoms with Crippen LogP contribution in [0.4, 0.5) is 13.2 Å². The second-order valence-corrected chi connectivity index (χ2v) is 9.71. The number of aliphatic hydroxyl groups is 1. The molecule has 4 aromatic rings. The van der Waals surface area contributed by atoms with Gasteiger partial charge in [-0.05, 0) is 43.0 Å². The van der Waals surface area contributed by atoms with E-state index in [4.69, 9.17) is 9.47 Å². The highest BCUT2D eigenvalue weighted by Gasteiger charge is 2.39. The zero-order chi connectivity index (χ0) is 27.6. The van der Waals surface area contributed by atoms with E-state index in [0.717, 1.165) is 5.56 Å². The number of halogens is 3. The number of alkyl halides is 3. The number of aromatic nitrogens is 3. The molecule has 202 valence electrons. The van der Waals surface area contributed by atoms with Crippen molar-refractivity contribution in [1.29, 1.82) is 0 Å². The summed E-state index contributed by atoms with van der Waals surface area (Å²) in [7, 11) is 1.41. The fraction of sp³-hybridized carbons (Fsp3) is 0.379. The maximum atomic E-state index is 14.7. The van der Waals surface area contributed by atoms with Crippen molar-refractivity contribution in [2.75, 3.05) is 13.7 Å². The summed E-state index contributed by atoms with van der Waals surface area (Å²) in [6, 6.07) is 12.3. The molecule has 4 rings (SSSR count). The molecule has 2 aromatic heterocycles. The quantitative estimate of drug-likeness (QED) is 0.265. The Morgan fingerprint density at radius 1 is 1.03 bits per heavy atom. The molecule has 2 aromatic carbocycles. The van der Waals surface area contributed by atoms with Crippen molar-refractivity contribution in [3.8, 4) is 23.0 Å². The van der Waals surface area contributed by atoms with Gasteiger partial charge in [0.15, 0.2) is 0 Å². The highest BCUT2D eigenvalue weighted by Crippen LogP contribution is 2.43. The first-order valence-corrected chi connectivity index (χ1v) is 12.5. The van der Waals surface area contributed by atoms with Gasteiger partial charge >= 0.3 is 6.18 Å². The first-order chi connectivity index (χ1) is 18.0. The van der Waals surface area contributed by atoms with E-state index in [1.165, 1.54) is 13.2 Å². The number of methoxy groups -OCH3 is 1. The lowest BCUT2D eigenvalue weighted by Gasteiger charge is -2.18. The van der Waals surface area contributed by atoms with E-state index in [0.29, 0.717) is 22.9 Å². The molecule has 2 heterocycles. The molecule has 0 fully saturated rings. The summed E-state index contributed by atoms with van der Waals surface area (Å²) in [6.45, 7) is 7.57. The van der Waals surface area contributed by atoms with Crippen LogP contribution in [0.3, 0.4) is 0 Å². The molecule has 0 radical (unpaired) electrons. The first-order valence-electron chi connectivity index (χ1n) is 12.5. The summed E-state index contributed by atoms with van der Waals surface area (Å²) in [4.78, 5) is 8.76. The predicted octanol–water partition coefficient (Wildman–Crippen LogP) is 6.62. The van der Waals surface area contributed by atoms with Crippen molar-refractivity contribution in [3.05, 3.63) is 70.9 Å². The van der Waals surface area contributed by atoms with Gasteiger partial charge in [0.25, 0.3) is 0 Å². The predicted molar refractivity (Wildman–Crippen MR) is 141 cm³/mol. The van der Waals surface area contributed by atoms with Crippen LogP contribution < -0.4 is 9.47 Å². The van der Waals surface area contributed by atoms with E-state index >= 15 is 0 Å². The van der Waals surface area contributed by atoms with E-state index in [-0.39, 0.29) is 53.9 Å². The maximum Gasteiger partial charge on any atom is 0.418 e. The lowest BCUT2D eigenvalue weighted by Crippen LogP contribution is -2.13. The number of fused-ring (bicyclic) bond motifs is 1. The number of hydrogen-bond donors (Lipinski definition) is 1. The third-order valence-corrected chi connectivity index (χ3v) is 6.30. The zero-order valence-electron chi connectivity index (χ0n) is 22.1. The Hall–Kier alpha value is -3.59. The number of pyridine rings is 1. The van der Waals surface area contributed by atoms with E-state index in [1.807, 2.05) is 38.1 Å². The molecule has 0 aliphatic heterocycles. The van der Waals surface area contributed by atoms with Gasteiger partial charge < -0.3 is 19.1 Å². The van der Waals surface area contributed by atoms with Gasteiger partial charge in [-0.25, -0.2) is 9.97 Å². The van der Waals surface area contributed by atoms with Gasteiger partial charge in [-0.15, -0.1) is 0 Å². The minimum absolute atomic E-state index is 0.00110. The Labute approximate surface area is 220 Å². The Morgan fingerprint density at radius 2 is 1.74 bits per heavy atom. The normalized spacial score (nSPS) is 12.1. The monoisotopic (exact) mass is 527 g/mol. The summed E-state index contributed by atoms with van der Waals surface area (Å²) < 4.78 is 57.1. The SMILES string of the molecule is COc1cc(Cc2cccnc2OC(C)C)c(C(F)(F)F)c2nc(-c3ccc(C(C)C)cc3)n(CCO)c12. The molecule has 0 unspecified atom stereocenters. The number of ether oxygens (including phenoxy) is 2. The molecular formula is C29H32F3N3O3. The van der Waals surface area contributed by atoms with Gasteiger partial charge in [0.1, 0.15) is 22.6 Å². The second kappa shape index (κ2) is 11.0. The number of aliphatic hydroxyl groups excluding tert-OH is 1. The van der Waals surface area contributed by atoms with E-state index in [1.54, 1.807) is 22.9 Å². The summed E-state index contributed by atoms with van der Waals surface area (Å²) in [5.74, 6) is 1.16. The van der Waals surface area contributed by atoms with Crippen LogP contribution in [0.5, 0.6) is 11.6 Å². The Morgan fingerprint density at radius 3 is 2.32 bits per heavy atom. The van der Waals surface area contributed by atoms with E-state index < -0.39 is 11.7 Å². The van der Waals surface area contributed by atoms with Crippen LogP contribution in [0.2, 0.25) is 0 Å². The van der Waals surface area contributed by atoms with Gasteiger partial charge in [0, 0.05) is 30.3 Å². The van der Waals surface area contributed by atoms with Gasteiger partial charge in [0.05, 0.1) is 25.4 Å². The molecule has 0 saturated carbocycles. The topological polar surface area (TPSA) is 69.4 Å². The average Bonchev–Trinajstić information content (AvgIpc) is 3.22. The van der Waals surface area contributed by atoms with Crippen molar-refractivity contribution in [1.82, 2.24) is 14.5 Å². The molecule has 0 amide bonds. The Balaban J connectivity index is 1.98. The number of hydrogen-bond acceptors (Lipinski definition) is 5. The molecular weight excluding hydrogens is 495 g/mol. The summed E-state index contributed by atoms with van der Waals surface area (Å²) in [5, 5.41) is 9.80. The van der Waals surface area contributed by atoms with Gasteiger partial charge in [-0.3, -0.25) is 0 Å². The van der Waals surface area contributed by atoms with E-state index in [2.05, 4.69) is 23.8 Å². The highest BCUT2D eigenvalue weighted by molar-refractivity contribution is 5.90. The van der Waals surface area contributed by atoms with Crippen molar-refractivity contribution >= 4 is 11.0 Å². The molecule has 0 saturated heterocycles. The Bertz CT molecular complexity index is 1410. The molecule has 9 heteroatoms.